The molecule has 0 radical (unpaired) electrons. The summed E-state index contributed by atoms with van der Waals surface area (Å²) in [5.41, 5.74) is 5.51. The van der Waals surface area contributed by atoms with E-state index >= 15 is 0 Å². The molecule has 5 heteroatoms. The number of anilines is 1. The minimum absolute atomic E-state index is 1.02. The number of aromatic nitrogens is 4. The largest absolute Gasteiger partial charge is 0.357 e. The third-order valence-electron chi connectivity index (χ3n) is 5.50. The molecule has 5 rings (SSSR count). The van der Waals surface area contributed by atoms with Crippen LogP contribution in [0, 0.1) is 0 Å². The molecule has 1 aliphatic heterocycles. The third-order valence-corrected chi connectivity index (χ3v) is 5.50. The quantitative estimate of drug-likeness (QED) is 0.526. The van der Waals surface area contributed by atoms with Crippen LogP contribution in [0.1, 0.15) is 19.3 Å². The van der Waals surface area contributed by atoms with E-state index in [9.17, 15) is 0 Å². The maximum absolute atomic E-state index is 5.03. The molecule has 5 nitrogen and oxygen atoms in total. The van der Waals surface area contributed by atoms with E-state index in [0.29, 0.717) is 0 Å². The lowest BCUT2D eigenvalue weighted by molar-refractivity contribution is 0.574. The number of piperidine rings is 1. The molecule has 3 aromatic heterocycles. The minimum atomic E-state index is 1.02. The molecule has 0 spiro atoms. The van der Waals surface area contributed by atoms with Gasteiger partial charge >= 0.3 is 0 Å². The first-order chi connectivity index (χ1) is 13.8. The van der Waals surface area contributed by atoms with Gasteiger partial charge in [-0.2, -0.15) is 5.10 Å². The van der Waals surface area contributed by atoms with Crippen LogP contribution in [-0.2, 0) is 7.05 Å². The van der Waals surface area contributed by atoms with Gasteiger partial charge in [-0.3, -0.25) is 9.67 Å². The molecular formula is C23H23N5. The lowest BCUT2D eigenvalue weighted by Crippen LogP contribution is -2.30. The van der Waals surface area contributed by atoms with Gasteiger partial charge in [0.05, 0.1) is 11.7 Å². The highest BCUT2D eigenvalue weighted by Gasteiger charge is 2.14. The Balaban J connectivity index is 1.54. The first-order valence-electron chi connectivity index (χ1n) is 9.87. The lowest BCUT2D eigenvalue weighted by atomic mass is 10.0. The Morgan fingerprint density at radius 2 is 1.57 bits per heavy atom. The molecule has 0 bridgehead atoms. The molecule has 0 aliphatic carbocycles. The molecule has 0 atom stereocenters. The van der Waals surface area contributed by atoms with Gasteiger partial charge in [0.2, 0.25) is 0 Å². The lowest BCUT2D eigenvalue weighted by Gasteiger charge is -2.28. The zero-order valence-corrected chi connectivity index (χ0v) is 16.0. The SMILES string of the molecule is Cn1cc(-c2ccc(-c3cncc4ccc(N5CCCCC5)nc34)cc2)cn1. The number of hydrogen-bond acceptors (Lipinski definition) is 4. The van der Waals surface area contributed by atoms with Crippen molar-refractivity contribution in [2.75, 3.05) is 18.0 Å². The van der Waals surface area contributed by atoms with Crippen molar-refractivity contribution in [3.8, 4) is 22.3 Å². The van der Waals surface area contributed by atoms with Crippen molar-refractivity contribution in [1.82, 2.24) is 19.7 Å². The molecular weight excluding hydrogens is 346 g/mol. The van der Waals surface area contributed by atoms with Gasteiger partial charge in [-0.25, -0.2) is 4.98 Å². The molecule has 1 saturated heterocycles. The summed E-state index contributed by atoms with van der Waals surface area (Å²) in [5.74, 6) is 1.08. The molecule has 0 unspecified atom stereocenters. The van der Waals surface area contributed by atoms with E-state index in [1.807, 2.05) is 36.5 Å². The van der Waals surface area contributed by atoms with E-state index in [0.717, 1.165) is 52.1 Å². The number of rotatable bonds is 3. The molecule has 1 fully saturated rings. The first-order valence-corrected chi connectivity index (χ1v) is 9.87. The van der Waals surface area contributed by atoms with Gasteiger partial charge in [0.25, 0.3) is 0 Å². The Morgan fingerprint density at radius 1 is 0.786 bits per heavy atom. The van der Waals surface area contributed by atoms with Gasteiger partial charge in [0, 0.05) is 55.2 Å². The van der Waals surface area contributed by atoms with Crippen molar-refractivity contribution in [1.29, 1.82) is 0 Å². The maximum atomic E-state index is 5.03. The summed E-state index contributed by atoms with van der Waals surface area (Å²) < 4.78 is 1.82. The standard InChI is InChI=1S/C23H23N5/c1-27-16-20(14-25-27)17-5-7-18(8-6-17)21-15-24-13-19-9-10-22(26-23(19)21)28-11-3-2-4-12-28/h5-10,13-16H,2-4,11-12H2,1H3. The van der Waals surface area contributed by atoms with Crippen LogP contribution in [0.2, 0.25) is 0 Å². The van der Waals surface area contributed by atoms with Gasteiger partial charge in [-0.1, -0.05) is 24.3 Å². The second kappa shape index (κ2) is 7.08. The van der Waals surface area contributed by atoms with E-state index in [4.69, 9.17) is 4.98 Å². The third kappa shape index (κ3) is 3.13. The summed E-state index contributed by atoms with van der Waals surface area (Å²) in [6.07, 6.45) is 11.6. The summed E-state index contributed by atoms with van der Waals surface area (Å²) >= 11 is 0. The topological polar surface area (TPSA) is 46.8 Å². The zero-order valence-electron chi connectivity index (χ0n) is 16.0. The van der Waals surface area contributed by atoms with Crippen molar-refractivity contribution >= 4 is 16.7 Å². The second-order valence-electron chi connectivity index (χ2n) is 7.46. The Kier molecular flexibility index (Phi) is 4.28. The van der Waals surface area contributed by atoms with E-state index in [-0.39, 0.29) is 0 Å². The Labute approximate surface area is 164 Å². The highest BCUT2D eigenvalue weighted by Crippen LogP contribution is 2.30. The fraction of sp³-hybridized carbons (Fsp3) is 0.261. The summed E-state index contributed by atoms with van der Waals surface area (Å²) in [6, 6.07) is 12.8. The van der Waals surface area contributed by atoms with Crippen molar-refractivity contribution in [2.24, 2.45) is 7.05 Å². The van der Waals surface area contributed by atoms with Crippen molar-refractivity contribution in [3.63, 3.8) is 0 Å². The van der Waals surface area contributed by atoms with Gasteiger partial charge in [-0.05, 0) is 42.5 Å². The van der Waals surface area contributed by atoms with Crippen LogP contribution in [0.5, 0.6) is 0 Å². The summed E-state index contributed by atoms with van der Waals surface area (Å²) in [7, 11) is 1.94. The molecule has 0 N–H and O–H groups in total. The number of fused-ring (bicyclic) bond motifs is 1. The van der Waals surface area contributed by atoms with Crippen LogP contribution < -0.4 is 4.90 Å². The number of hydrogen-bond donors (Lipinski definition) is 0. The molecule has 4 aromatic rings. The van der Waals surface area contributed by atoms with Crippen LogP contribution in [0.3, 0.4) is 0 Å². The second-order valence-corrected chi connectivity index (χ2v) is 7.46. The summed E-state index contributed by atoms with van der Waals surface area (Å²) in [6.45, 7) is 2.19. The molecule has 4 heterocycles. The van der Waals surface area contributed by atoms with Gasteiger partial charge in [-0.15, -0.1) is 0 Å². The fourth-order valence-electron chi connectivity index (χ4n) is 3.96. The van der Waals surface area contributed by atoms with Crippen LogP contribution in [-0.4, -0.2) is 32.8 Å². The smallest absolute Gasteiger partial charge is 0.129 e. The van der Waals surface area contributed by atoms with E-state index < -0.39 is 0 Å². The normalized spacial score (nSPS) is 14.5. The maximum Gasteiger partial charge on any atom is 0.129 e. The number of nitrogens with zero attached hydrogens (tertiary/aromatic N) is 5. The van der Waals surface area contributed by atoms with Gasteiger partial charge in [0.15, 0.2) is 0 Å². The van der Waals surface area contributed by atoms with E-state index in [2.05, 4.69) is 51.4 Å². The molecule has 0 saturated carbocycles. The predicted octanol–water partition coefficient (Wildman–Crippen LogP) is 4.69. The van der Waals surface area contributed by atoms with Crippen molar-refractivity contribution < 1.29 is 0 Å². The average molecular weight is 369 g/mol. The Bertz CT molecular complexity index is 1110. The number of aryl methyl sites for hydroxylation is 1. The fourth-order valence-corrected chi connectivity index (χ4v) is 3.96. The highest BCUT2D eigenvalue weighted by molar-refractivity contribution is 5.93. The first kappa shape index (κ1) is 16.9. The Morgan fingerprint density at radius 3 is 2.32 bits per heavy atom. The van der Waals surface area contributed by atoms with Gasteiger partial charge < -0.3 is 4.90 Å². The molecule has 140 valence electrons. The van der Waals surface area contributed by atoms with Crippen molar-refractivity contribution in [2.45, 2.75) is 19.3 Å². The minimum Gasteiger partial charge on any atom is -0.357 e. The molecule has 1 aliphatic rings. The monoisotopic (exact) mass is 369 g/mol. The molecule has 1 aromatic carbocycles. The van der Waals surface area contributed by atoms with Crippen LogP contribution in [0.15, 0.2) is 61.2 Å². The number of benzene rings is 1. The van der Waals surface area contributed by atoms with Crippen molar-refractivity contribution in [3.05, 3.63) is 61.2 Å². The molecule has 0 amide bonds. The zero-order chi connectivity index (χ0) is 18.9. The summed E-state index contributed by atoms with van der Waals surface area (Å²) in [4.78, 5) is 11.9. The van der Waals surface area contributed by atoms with Crippen LogP contribution in [0.4, 0.5) is 5.82 Å². The van der Waals surface area contributed by atoms with Crippen LogP contribution >= 0.6 is 0 Å². The van der Waals surface area contributed by atoms with Crippen LogP contribution in [0.25, 0.3) is 33.2 Å². The Hall–Kier alpha value is -3.21. The van der Waals surface area contributed by atoms with E-state index in [1.54, 1.807) is 0 Å². The average Bonchev–Trinajstić information content (AvgIpc) is 3.20. The highest BCUT2D eigenvalue weighted by atomic mass is 15.2. The molecule has 28 heavy (non-hydrogen) atoms. The summed E-state index contributed by atoms with van der Waals surface area (Å²) in [5, 5.41) is 5.34. The van der Waals surface area contributed by atoms with Gasteiger partial charge in [0.1, 0.15) is 5.82 Å². The number of pyridine rings is 2. The van der Waals surface area contributed by atoms with E-state index in [1.165, 1.54) is 19.3 Å². The predicted molar refractivity (Wildman–Crippen MR) is 113 cm³/mol.